The van der Waals surface area contributed by atoms with Crippen LogP contribution < -0.4 is 0 Å². The third-order valence-electron chi connectivity index (χ3n) is 2.73. The van der Waals surface area contributed by atoms with Gasteiger partial charge < -0.3 is 5.11 Å². The van der Waals surface area contributed by atoms with Gasteiger partial charge in [-0.05, 0) is 13.3 Å². The summed E-state index contributed by atoms with van der Waals surface area (Å²) in [5, 5.41) is 16.9. The summed E-state index contributed by atoms with van der Waals surface area (Å²) in [6.07, 6.45) is 2.00. The molecule has 1 atom stereocenters. The molecule has 0 radical (unpaired) electrons. The van der Waals surface area contributed by atoms with E-state index in [4.69, 9.17) is 5.11 Å². The molecule has 0 aliphatic rings. The van der Waals surface area contributed by atoms with E-state index in [1.54, 1.807) is 4.68 Å². The minimum Gasteiger partial charge on any atom is -0.476 e. The van der Waals surface area contributed by atoms with Crippen LogP contribution in [0.15, 0.2) is 0 Å². The van der Waals surface area contributed by atoms with Crippen LogP contribution in [0.5, 0.6) is 0 Å². The van der Waals surface area contributed by atoms with Crippen molar-refractivity contribution >= 4 is 5.97 Å². The summed E-state index contributed by atoms with van der Waals surface area (Å²) in [5.41, 5.74) is 0.491. The van der Waals surface area contributed by atoms with Gasteiger partial charge in [0.15, 0.2) is 5.69 Å². The van der Waals surface area contributed by atoms with E-state index < -0.39 is 5.97 Å². The highest BCUT2D eigenvalue weighted by Crippen LogP contribution is 2.28. The molecule has 0 spiro atoms. The van der Waals surface area contributed by atoms with Gasteiger partial charge in [-0.15, -0.1) is 5.10 Å². The van der Waals surface area contributed by atoms with Crippen LogP contribution in [0.25, 0.3) is 0 Å². The molecule has 1 rings (SSSR count). The minimum absolute atomic E-state index is 0.0699. The maximum Gasteiger partial charge on any atom is 0.358 e. The monoisotopic (exact) mass is 239 g/mol. The maximum atomic E-state index is 11.1. The first-order chi connectivity index (χ1) is 7.79. The molecule has 96 valence electrons. The lowest BCUT2D eigenvalue weighted by Crippen LogP contribution is -2.23. The molecule has 0 saturated carbocycles. The molecule has 1 aromatic rings. The smallest absolute Gasteiger partial charge is 0.358 e. The van der Waals surface area contributed by atoms with E-state index >= 15 is 0 Å². The lowest BCUT2D eigenvalue weighted by atomic mass is 9.90. The van der Waals surface area contributed by atoms with Gasteiger partial charge in [-0.2, -0.15) is 0 Å². The SMILES string of the molecule is CCCC(C)n1nnc(C(=O)O)c1C(C)(C)C. The van der Waals surface area contributed by atoms with E-state index in [1.165, 1.54) is 0 Å². The lowest BCUT2D eigenvalue weighted by molar-refractivity contribution is 0.0687. The van der Waals surface area contributed by atoms with E-state index in [9.17, 15) is 4.79 Å². The summed E-state index contributed by atoms with van der Waals surface area (Å²) >= 11 is 0. The molecule has 5 heteroatoms. The number of aromatic nitrogens is 3. The van der Waals surface area contributed by atoms with Crippen molar-refractivity contribution in [3.8, 4) is 0 Å². The molecular weight excluding hydrogens is 218 g/mol. The van der Waals surface area contributed by atoms with E-state index in [0.29, 0.717) is 5.69 Å². The Morgan fingerprint density at radius 1 is 1.47 bits per heavy atom. The molecule has 0 aromatic carbocycles. The highest BCUT2D eigenvalue weighted by Gasteiger charge is 2.30. The average molecular weight is 239 g/mol. The number of nitrogens with zero attached hydrogens (tertiary/aromatic N) is 3. The van der Waals surface area contributed by atoms with Gasteiger partial charge in [0.25, 0.3) is 0 Å². The van der Waals surface area contributed by atoms with Crippen molar-refractivity contribution in [2.24, 2.45) is 0 Å². The Balaban J connectivity index is 3.28. The minimum atomic E-state index is -1.01. The standard InChI is InChI=1S/C12H21N3O2/c1-6-7-8(2)15-10(12(3,4)5)9(11(16)17)13-14-15/h8H,6-7H2,1-5H3,(H,16,17). The molecule has 0 aliphatic heterocycles. The van der Waals surface area contributed by atoms with E-state index in [2.05, 4.69) is 17.2 Å². The molecule has 17 heavy (non-hydrogen) atoms. The molecule has 0 bridgehead atoms. The zero-order chi connectivity index (χ0) is 13.2. The van der Waals surface area contributed by atoms with Gasteiger partial charge in [0, 0.05) is 5.41 Å². The number of hydrogen-bond acceptors (Lipinski definition) is 3. The molecular formula is C12H21N3O2. The van der Waals surface area contributed by atoms with E-state index in [1.807, 2.05) is 27.7 Å². The maximum absolute atomic E-state index is 11.1. The second-order valence-corrected chi connectivity index (χ2v) is 5.42. The van der Waals surface area contributed by atoms with Crippen LogP contribution in [0.4, 0.5) is 0 Å². The largest absolute Gasteiger partial charge is 0.476 e. The second-order valence-electron chi connectivity index (χ2n) is 5.42. The number of aromatic carboxylic acids is 1. The summed E-state index contributed by atoms with van der Waals surface area (Å²) < 4.78 is 1.76. The van der Waals surface area contributed by atoms with Crippen LogP contribution in [0.2, 0.25) is 0 Å². The fourth-order valence-electron chi connectivity index (χ4n) is 1.99. The van der Waals surface area contributed by atoms with Crippen LogP contribution in [0.3, 0.4) is 0 Å². The van der Waals surface area contributed by atoms with Crippen LogP contribution in [0, 0.1) is 0 Å². The first-order valence-electron chi connectivity index (χ1n) is 5.98. The number of rotatable bonds is 4. The zero-order valence-corrected chi connectivity index (χ0v) is 11.2. The van der Waals surface area contributed by atoms with Gasteiger partial charge in [0.2, 0.25) is 0 Å². The highest BCUT2D eigenvalue weighted by atomic mass is 16.4. The zero-order valence-electron chi connectivity index (χ0n) is 11.2. The third kappa shape index (κ3) is 2.84. The Kier molecular flexibility index (Phi) is 3.91. The summed E-state index contributed by atoms with van der Waals surface area (Å²) in [6.45, 7) is 10.1. The molecule has 5 nitrogen and oxygen atoms in total. The number of carboxylic acid groups (broad SMARTS) is 1. The van der Waals surface area contributed by atoms with Gasteiger partial charge in [-0.3, -0.25) is 0 Å². The topological polar surface area (TPSA) is 68.0 Å². The molecule has 1 N–H and O–H groups in total. The Bertz CT molecular complexity index is 404. The van der Waals surface area contributed by atoms with Crippen molar-refractivity contribution in [3.63, 3.8) is 0 Å². The highest BCUT2D eigenvalue weighted by molar-refractivity contribution is 5.86. The fraction of sp³-hybridized carbons (Fsp3) is 0.750. The molecule has 1 heterocycles. The molecule has 1 unspecified atom stereocenters. The predicted octanol–water partition coefficient (Wildman–Crippen LogP) is 2.63. The van der Waals surface area contributed by atoms with Crippen molar-refractivity contribution in [3.05, 3.63) is 11.4 Å². The van der Waals surface area contributed by atoms with Gasteiger partial charge >= 0.3 is 5.97 Å². The Morgan fingerprint density at radius 2 is 2.06 bits per heavy atom. The van der Waals surface area contributed by atoms with Crippen LogP contribution >= 0.6 is 0 Å². The summed E-state index contributed by atoms with van der Waals surface area (Å²) in [4.78, 5) is 11.1. The summed E-state index contributed by atoms with van der Waals surface area (Å²) in [6, 6.07) is 0.176. The Labute approximate surface area is 102 Å². The van der Waals surface area contributed by atoms with Crippen molar-refractivity contribution in [1.29, 1.82) is 0 Å². The number of carboxylic acids is 1. The van der Waals surface area contributed by atoms with E-state index in [-0.39, 0.29) is 17.2 Å². The van der Waals surface area contributed by atoms with Gasteiger partial charge in [-0.1, -0.05) is 39.3 Å². The quantitative estimate of drug-likeness (QED) is 0.877. The lowest BCUT2D eigenvalue weighted by Gasteiger charge is -2.23. The Hall–Kier alpha value is -1.39. The first kappa shape index (κ1) is 13.7. The third-order valence-corrected chi connectivity index (χ3v) is 2.73. The van der Waals surface area contributed by atoms with Crippen molar-refractivity contribution in [2.45, 2.75) is 58.9 Å². The van der Waals surface area contributed by atoms with Crippen LogP contribution in [-0.4, -0.2) is 26.1 Å². The molecule has 0 fully saturated rings. The van der Waals surface area contributed by atoms with Crippen LogP contribution in [-0.2, 0) is 5.41 Å². The number of carbonyl (C=O) groups is 1. The molecule has 1 aromatic heterocycles. The number of hydrogen-bond donors (Lipinski definition) is 1. The van der Waals surface area contributed by atoms with Gasteiger partial charge in [0.1, 0.15) is 0 Å². The molecule has 0 saturated heterocycles. The fourth-order valence-corrected chi connectivity index (χ4v) is 1.99. The molecule has 0 aliphatic carbocycles. The average Bonchev–Trinajstić information content (AvgIpc) is 2.61. The van der Waals surface area contributed by atoms with E-state index in [0.717, 1.165) is 12.8 Å². The first-order valence-corrected chi connectivity index (χ1v) is 5.98. The van der Waals surface area contributed by atoms with Gasteiger partial charge in [0.05, 0.1) is 11.7 Å². The van der Waals surface area contributed by atoms with Gasteiger partial charge in [-0.25, -0.2) is 9.48 Å². The van der Waals surface area contributed by atoms with Crippen LogP contribution in [0.1, 0.15) is 69.7 Å². The Morgan fingerprint density at radius 3 is 2.47 bits per heavy atom. The predicted molar refractivity (Wildman–Crippen MR) is 65.3 cm³/mol. The van der Waals surface area contributed by atoms with Crippen molar-refractivity contribution in [2.75, 3.05) is 0 Å². The summed E-state index contributed by atoms with van der Waals surface area (Å²) in [7, 11) is 0. The molecule has 0 amide bonds. The van der Waals surface area contributed by atoms with Crippen molar-refractivity contribution in [1.82, 2.24) is 15.0 Å². The normalized spacial score (nSPS) is 13.7. The summed E-state index contributed by atoms with van der Waals surface area (Å²) in [5.74, 6) is -1.01. The second kappa shape index (κ2) is 4.85. The van der Waals surface area contributed by atoms with Crippen molar-refractivity contribution < 1.29 is 9.90 Å².